The lowest BCUT2D eigenvalue weighted by molar-refractivity contribution is 0.156. The number of hydrogen-bond acceptors (Lipinski definition) is 6. The van der Waals surface area contributed by atoms with Gasteiger partial charge in [-0.25, -0.2) is 5.48 Å². The van der Waals surface area contributed by atoms with Crippen LogP contribution in [0.15, 0.2) is 52.6 Å². The minimum Gasteiger partial charge on any atom is -0.494 e. The van der Waals surface area contributed by atoms with Crippen molar-refractivity contribution in [3.05, 3.63) is 53.1 Å². The van der Waals surface area contributed by atoms with Crippen molar-refractivity contribution in [2.75, 3.05) is 26.2 Å². The van der Waals surface area contributed by atoms with Gasteiger partial charge in [-0.05, 0) is 63.5 Å². The van der Waals surface area contributed by atoms with Gasteiger partial charge in [-0.1, -0.05) is 6.42 Å². The first kappa shape index (κ1) is 17.0. The van der Waals surface area contributed by atoms with E-state index in [4.69, 9.17) is 9.57 Å². The maximum absolute atomic E-state index is 5.90. The molecule has 0 aromatic heterocycles. The van der Waals surface area contributed by atoms with Gasteiger partial charge in [-0.2, -0.15) is 5.10 Å². The summed E-state index contributed by atoms with van der Waals surface area (Å²) in [6.07, 6.45) is 6.94. The molecule has 0 saturated carbocycles. The van der Waals surface area contributed by atoms with Gasteiger partial charge < -0.3 is 14.5 Å². The first-order valence-corrected chi connectivity index (χ1v) is 9.45. The van der Waals surface area contributed by atoms with Crippen LogP contribution in [-0.4, -0.2) is 36.9 Å². The highest BCUT2D eigenvalue weighted by molar-refractivity contribution is 6.16. The van der Waals surface area contributed by atoms with Crippen LogP contribution in [0.3, 0.4) is 0 Å². The molecule has 2 N–H and O–H groups in total. The molecule has 0 radical (unpaired) electrons. The molecule has 0 amide bonds. The van der Waals surface area contributed by atoms with Crippen LogP contribution < -0.4 is 15.6 Å². The van der Waals surface area contributed by atoms with E-state index >= 15 is 0 Å². The summed E-state index contributed by atoms with van der Waals surface area (Å²) in [6, 6.07) is 8.11. The molecule has 0 bridgehead atoms. The van der Waals surface area contributed by atoms with E-state index in [0.29, 0.717) is 0 Å². The van der Waals surface area contributed by atoms with Crippen LogP contribution in [0.4, 0.5) is 0 Å². The first-order valence-electron chi connectivity index (χ1n) is 9.45. The lowest BCUT2D eigenvalue weighted by Crippen LogP contribution is -2.31. The average Bonchev–Trinajstić information content (AvgIpc) is 3.08. The Morgan fingerprint density at radius 1 is 1.15 bits per heavy atom. The zero-order chi connectivity index (χ0) is 17.8. The number of rotatable bonds is 6. The second-order valence-corrected chi connectivity index (χ2v) is 6.91. The van der Waals surface area contributed by atoms with Gasteiger partial charge in [0.25, 0.3) is 0 Å². The van der Waals surface area contributed by atoms with E-state index in [-0.39, 0.29) is 0 Å². The zero-order valence-corrected chi connectivity index (χ0v) is 15.3. The molecule has 6 nitrogen and oxygen atoms in total. The Morgan fingerprint density at radius 2 is 1.96 bits per heavy atom. The van der Waals surface area contributed by atoms with Crippen LogP contribution in [0.1, 0.15) is 38.2 Å². The SMILES string of the molecule is CC1=C2C(=CNN=C2c2ccc(OCCCN3CCCCC3)cc2)NO1. The highest BCUT2D eigenvalue weighted by atomic mass is 16.7. The number of hydroxylamine groups is 1. The second-order valence-electron chi connectivity index (χ2n) is 6.91. The summed E-state index contributed by atoms with van der Waals surface area (Å²) in [7, 11) is 0. The normalized spacial score (nSPS) is 19.7. The number of nitrogens with zero attached hydrogens (tertiary/aromatic N) is 2. The Hall–Kier alpha value is -2.47. The summed E-state index contributed by atoms with van der Waals surface area (Å²) in [5.74, 6) is 1.73. The molecule has 1 aromatic rings. The van der Waals surface area contributed by atoms with E-state index in [1.807, 2.05) is 31.2 Å². The third-order valence-electron chi connectivity index (χ3n) is 5.02. The zero-order valence-electron chi connectivity index (χ0n) is 15.3. The topological polar surface area (TPSA) is 58.1 Å². The van der Waals surface area contributed by atoms with Crippen molar-refractivity contribution in [2.45, 2.75) is 32.6 Å². The molecule has 1 aromatic carbocycles. The summed E-state index contributed by atoms with van der Waals surface area (Å²) < 4.78 is 5.90. The molecule has 26 heavy (non-hydrogen) atoms. The summed E-state index contributed by atoms with van der Waals surface area (Å²) in [6.45, 7) is 6.32. The van der Waals surface area contributed by atoms with Crippen molar-refractivity contribution in [1.29, 1.82) is 0 Å². The number of ether oxygens (including phenoxy) is 1. The molecule has 1 saturated heterocycles. The van der Waals surface area contributed by atoms with Crippen LogP contribution in [0.25, 0.3) is 0 Å². The third kappa shape index (κ3) is 3.70. The molecule has 1 fully saturated rings. The maximum Gasteiger partial charge on any atom is 0.140 e. The standard InChI is InChI=1S/C20H26N4O2/c1-15-19-18(23-26-15)14-21-22-20(19)16-6-8-17(9-7-16)25-13-5-12-24-10-3-2-4-11-24/h6-9,14,21,23H,2-5,10-13H2,1H3. The molecule has 0 unspecified atom stereocenters. The third-order valence-corrected chi connectivity index (χ3v) is 5.02. The minimum atomic E-state index is 0.757. The Morgan fingerprint density at radius 3 is 2.77 bits per heavy atom. The van der Waals surface area contributed by atoms with Crippen molar-refractivity contribution >= 4 is 5.71 Å². The van der Waals surface area contributed by atoms with Crippen LogP contribution in [-0.2, 0) is 4.84 Å². The molecule has 0 spiro atoms. The molecule has 138 valence electrons. The molecular formula is C20H26N4O2. The maximum atomic E-state index is 5.90. The summed E-state index contributed by atoms with van der Waals surface area (Å²) in [5, 5.41) is 4.42. The van der Waals surface area contributed by atoms with Crippen molar-refractivity contribution in [3.63, 3.8) is 0 Å². The highest BCUT2D eigenvalue weighted by Gasteiger charge is 2.27. The van der Waals surface area contributed by atoms with Crippen molar-refractivity contribution in [1.82, 2.24) is 15.8 Å². The molecule has 4 rings (SSSR count). The molecule has 0 aliphatic carbocycles. The number of benzene rings is 1. The summed E-state index contributed by atoms with van der Waals surface area (Å²) in [4.78, 5) is 7.95. The van der Waals surface area contributed by atoms with Gasteiger partial charge in [0.2, 0.25) is 0 Å². The van der Waals surface area contributed by atoms with E-state index in [2.05, 4.69) is 20.9 Å². The number of likely N-dealkylation sites (tertiary alicyclic amines) is 1. The van der Waals surface area contributed by atoms with E-state index in [9.17, 15) is 0 Å². The fraction of sp³-hybridized carbons (Fsp3) is 0.450. The van der Waals surface area contributed by atoms with E-state index in [1.54, 1.807) is 6.20 Å². The van der Waals surface area contributed by atoms with Crippen molar-refractivity contribution in [3.8, 4) is 5.75 Å². The number of allylic oxidation sites excluding steroid dienone is 2. The lowest BCUT2D eigenvalue weighted by Gasteiger charge is -2.26. The van der Waals surface area contributed by atoms with Gasteiger partial charge >= 0.3 is 0 Å². The largest absolute Gasteiger partial charge is 0.494 e. The van der Waals surface area contributed by atoms with Crippen LogP contribution in [0.2, 0.25) is 0 Å². The first-order chi connectivity index (χ1) is 12.8. The van der Waals surface area contributed by atoms with E-state index < -0.39 is 0 Å². The van der Waals surface area contributed by atoms with Crippen LogP contribution in [0.5, 0.6) is 5.75 Å². The number of piperidine rings is 1. The molecule has 0 atom stereocenters. The van der Waals surface area contributed by atoms with Gasteiger partial charge in [-0.3, -0.25) is 5.43 Å². The highest BCUT2D eigenvalue weighted by Crippen LogP contribution is 2.27. The fourth-order valence-electron chi connectivity index (χ4n) is 3.62. The quantitative estimate of drug-likeness (QED) is 0.770. The number of nitrogens with one attached hydrogen (secondary N) is 2. The summed E-state index contributed by atoms with van der Waals surface area (Å²) in [5.41, 5.74) is 9.64. The van der Waals surface area contributed by atoms with E-state index in [1.165, 1.54) is 32.4 Å². The monoisotopic (exact) mass is 354 g/mol. The molecule has 3 heterocycles. The van der Waals surface area contributed by atoms with Gasteiger partial charge in [0.15, 0.2) is 0 Å². The lowest BCUT2D eigenvalue weighted by atomic mass is 9.99. The average molecular weight is 354 g/mol. The fourth-order valence-corrected chi connectivity index (χ4v) is 3.62. The minimum absolute atomic E-state index is 0.757. The van der Waals surface area contributed by atoms with Gasteiger partial charge in [0, 0.05) is 18.3 Å². The predicted octanol–water partition coefficient (Wildman–Crippen LogP) is 2.90. The number of hydrogen-bond donors (Lipinski definition) is 2. The molecule has 3 aliphatic heterocycles. The van der Waals surface area contributed by atoms with Crippen LogP contribution >= 0.6 is 0 Å². The Balaban J connectivity index is 1.31. The number of hydrazone groups is 1. The smallest absolute Gasteiger partial charge is 0.140 e. The predicted molar refractivity (Wildman–Crippen MR) is 102 cm³/mol. The molecular weight excluding hydrogens is 328 g/mol. The van der Waals surface area contributed by atoms with Crippen molar-refractivity contribution < 1.29 is 9.57 Å². The number of fused-ring (bicyclic) bond motifs is 1. The van der Waals surface area contributed by atoms with Gasteiger partial charge in [0.1, 0.15) is 22.9 Å². The Bertz CT molecular complexity index is 731. The van der Waals surface area contributed by atoms with Crippen LogP contribution in [0, 0.1) is 0 Å². The van der Waals surface area contributed by atoms with E-state index in [0.717, 1.165) is 53.6 Å². The molecule has 6 heteroatoms. The second kappa shape index (κ2) is 7.83. The summed E-state index contributed by atoms with van der Waals surface area (Å²) >= 11 is 0. The Labute approximate surface area is 154 Å². The van der Waals surface area contributed by atoms with Crippen molar-refractivity contribution in [2.24, 2.45) is 5.10 Å². The molecule has 3 aliphatic rings. The van der Waals surface area contributed by atoms with Gasteiger partial charge in [-0.15, -0.1) is 0 Å². The Kier molecular flexibility index (Phi) is 5.11. The van der Waals surface area contributed by atoms with Gasteiger partial charge in [0.05, 0.1) is 12.2 Å².